The maximum absolute atomic E-state index is 13.6. The lowest BCUT2D eigenvalue weighted by molar-refractivity contribution is 0.0954. The lowest BCUT2D eigenvalue weighted by Gasteiger charge is -2.26. The van der Waals surface area contributed by atoms with E-state index in [-0.39, 0.29) is 23.2 Å². The zero-order chi connectivity index (χ0) is 26.4. The molecule has 37 heavy (non-hydrogen) atoms. The number of anilines is 1. The number of carbonyl (C=O) groups is 1. The molecule has 0 bridgehead atoms. The summed E-state index contributed by atoms with van der Waals surface area (Å²) in [6.07, 6.45) is 0.579. The molecule has 1 N–H and O–H groups in total. The highest BCUT2D eigenvalue weighted by Gasteiger charge is 2.26. The van der Waals surface area contributed by atoms with Gasteiger partial charge in [-0.25, -0.2) is 12.8 Å². The van der Waals surface area contributed by atoms with Crippen LogP contribution in [0.3, 0.4) is 0 Å². The Morgan fingerprint density at radius 2 is 1.54 bits per heavy atom. The van der Waals surface area contributed by atoms with E-state index in [9.17, 15) is 17.6 Å². The quantitative estimate of drug-likeness (QED) is 0.279. The summed E-state index contributed by atoms with van der Waals surface area (Å²) < 4.78 is 41.6. The number of nitrogens with zero attached hydrogens (tertiary/aromatic N) is 1. The van der Waals surface area contributed by atoms with Gasteiger partial charge in [-0.3, -0.25) is 9.10 Å². The Hall–Kier alpha value is -3.68. The number of aryl methyl sites for hydroxylation is 1. The largest absolute Gasteiger partial charge is 0.352 e. The second-order valence-corrected chi connectivity index (χ2v) is 10.9. The van der Waals surface area contributed by atoms with Crippen LogP contribution in [0.1, 0.15) is 27.0 Å². The highest BCUT2D eigenvalue weighted by atomic mass is 35.5. The normalized spacial score (nSPS) is 11.2. The fourth-order valence-electron chi connectivity index (χ4n) is 3.87. The topological polar surface area (TPSA) is 66.5 Å². The van der Waals surface area contributed by atoms with Crippen molar-refractivity contribution in [2.45, 2.75) is 24.8 Å². The maximum atomic E-state index is 13.6. The van der Waals surface area contributed by atoms with E-state index in [1.807, 2.05) is 6.92 Å². The van der Waals surface area contributed by atoms with Crippen LogP contribution in [0, 0.1) is 12.7 Å². The van der Waals surface area contributed by atoms with Gasteiger partial charge in [-0.1, -0.05) is 60.1 Å². The number of hydrogen-bond acceptors (Lipinski definition) is 3. The SMILES string of the molecule is Cc1ccc(Cl)cc1N(Cc1ccc(C(=O)NCCc2ccc(F)cc2)cc1)S(=O)(=O)c1ccccc1. The predicted octanol–water partition coefficient (Wildman–Crippen LogP) is 6.16. The lowest BCUT2D eigenvalue weighted by atomic mass is 10.1. The maximum Gasteiger partial charge on any atom is 0.264 e. The number of sulfonamides is 1. The Balaban J connectivity index is 1.51. The number of halogens is 2. The Labute approximate surface area is 221 Å². The zero-order valence-electron chi connectivity index (χ0n) is 20.2. The fraction of sp³-hybridized carbons (Fsp3) is 0.138. The van der Waals surface area contributed by atoms with E-state index in [2.05, 4.69) is 5.32 Å². The number of rotatable bonds is 9. The van der Waals surface area contributed by atoms with Crippen molar-refractivity contribution in [2.24, 2.45) is 0 Å². The van der Waals surface area contributed by atoms with Gasteiger partial charge in [-0.05, 0) is 78.6 Å². The van der Waals surface area contributed by atoms with E-state index in [0.717, 1.165) is 11.1 Å². The van der Waals surface area contributed by atoms with Gasteiger partial charge < -0.3 is 5.32 Å². The molecule has 0 heterocycles. The molecule has 0 spiro atoms. The van der Waals surface area contributed by atoms with Gasteiger partial charge in [-0.15, -0.1) is 0 Å². The Kier molecular flexibility index (Phi) is 8.26. The molecular formula is C29H26ClFN2O3S. The minimum Gasteiger partial charge on any atom is -0.352 e. The first-order chi connectivity index (χ1) is 17.7. The molecule has 0 saturated carbocycles. The third kappa shape index (κ3) is 6.56. The minimum absolute atomic E-state index is 0.0604. The number of benzene rings is 4. The monoisotopic (exact) mass is 536 g/mol. The van der Waals surface area contributed by atoms with Crippen molar-refractivity contribution in [3.05, 3.63) is 130 Å². The Bertz CT molecular complexity index is 1480. The molecule has 4 aromatic rings. The first kappa shape index (κ1) is 26.4. The van der Waals surface area contributed by atoms with Crippen LogP contribution in [0.4, 0.5) is 10.1 Å². The second kappa shape index (κ2) is 11.6. The zero-order valence-corrected chi connectivity index (χ0v) is 21.8. The van der Waals surface area contributed by atoms with Gasteiger partial charge in [0.1, 0.15) is 5.82 Å². The highest BCUT2D eigenvalue weighted by molar-refractivity contribution is 7.92. The molecule has 8 heteroatoms. The van der Waals surface area contributed by atoms with Gasteiger partial charge in [0.2, 0.25) is 0 Å². The van der Waals surface area contributed by atoms with E-state index in [1.54, 1.807) is 84.9 Å². The first-order valence-corrected chi connectivity index (χ1v) is 13.5. The number of carbonyl (C=O) groups excluding carboxylic acids is 1. The Morgan fingerprint density at radius 3 is 2.22 bits per heavy atom. The molecule has 0 saturated heterocycles. The summed E-state index contributed by atoms with van der Waals surface area (Å²) >= 11 is 6.22. The molecule has 0 aliphatic rings. The van der Waals surface area contributed by atoms with E-state index in [4.69, 9.17) is 11.6 Å². The minimum atomic E-state index is -3.89. The molecule has 5 nitrogen and oxygen atoms in total. The summed E-state index contributed by atoms with van der Waals surface area (Å²) in [5.41, 5.74) is 3.34. The van der Waals surface area contributed by atoms with Crippen LogP contribution < -0.4 is 9.62 Å². The second-order valence-electron chi connectivity index (χ2n) is 8.58. The summed E-state index contributed by atoms with van der Waals surface area (Å²) in [4.78, 5) is 12.8. The van der Waals surface area contributed by atoms with Crippen LogP contribution in [-0.2, 0) is 23.0 Å². The van der Waals surface area contributed by atoms with Crippen LogP contribution >= 0.6 is 11.6 Å². The summed E-state index contributed by atoms with van der Waals surface area (Å²) in [6, 6.07) is 26.3. The van der Waals surface area contributed by atoms with Crippen LogP contribution in [0.5, 0.6) is 0 Å². The summed E-state index contributed by atoms with van der Waals surface area (Å²) in [7, 11) is -3.89. The van der Waals surface area contributed by atoms with Crippen molar-refractivity contribution in [1.82, 2.24) is 5.32 Å². The molecular weight excluding hydrogens is 511 g/mol. The summed E-state index contributed by atoms with van der Waals surface area (Å²) in [5, 5.41) is 3.29. The molecule has 0 unspecified atom stereocenters. The molecule has 0 aliphatic carbocycles. The molecule has 0 aromatic heterocycles. The van der Waals surface area contributed by atoms with E-state index < -0.39 is 10.0 Å². The van der Waals surface area contributed by atoms with Crippen LogP contribution in [0.2, 0.25) is 5.02 Å². The third-order valence-corrected chi connectivity index (χ3v) is 7.93. The first-order valence-electron chi connectivity index (χ1n) is 11.7. The lowest BCUT2D eigenvalue weighted by Crippen LogP contribution is -2.31. The van der Waals surface area contributed by atoms with Gasteiger partial charge in [0, 0.05) is 17.1 Å². The van der Waals surface area contributed by atoms with Crippen LogP contribution in [0.25, 0.3) is 0 Å². The average Bonchev–Trinajstić information content (AvgIpc) is 2.90. The Morgan fingerprint density at radius 1 is 0.892 bits per heavy atom. The molecule has 4 rings (SSSR count). The molecule has 190 valence electrons. The van der Waals surface area contributed by atoms with Gasteiger partial charge in [0.25, 0.3) is 15.9 Å². The number of nitrogens with one attached hydrogen (secondary N) is 1. The van der Waals surface area contributed by atoms with Crippen molar-refractivity contribution >= 4 is 33.2 Å². The highest BCUT2D eigenvalue weighted by Crippen LogP contribution is 2.31. The summed E-state index contributed by atoms with van der Waals surface area (Å²) in [6.45, 7) is 2.30. The van der Waals surface area contributed by atoms with Crippen molar-refractivity contribution < 1.29 is 17.6 Å². The van der Waals surface area contributed by atoms with E-state index in [0.29, 0.717) is 34.8 Å². The number of amides is 1. The average molecular weight is 537 g/mol. The summed E-state index contributed by atoms with van der Waals surface area (Å²) in [5.74, 6) is -0.540. The number of hydrogen-bond donors (Lipinski definition) is 1. The van der Waals surface area contributed by atoms with Crippen molar-refractivity contribution in [1.29, 1.82) is 0 Å². The molecule has 1 amide bonds. The van der Waals surface area contributed by atoms with Gasteiger partial charge in [0.15, 0.2) is 0 Å². The fourth-order valence-corrected chi connectivity index (χ4v) is 5.57. The van der Waals surface area contributed by atoms with Gasteiger partial charge >= 0.3 is 0 Å². The van der Waals surface area contributed by atoms with Gasteiger partial charge in [-0.2, -0.15) is 0 Å². The standard InChI is InChI=1S/C29H26ClFN2O3S/c1-21-7-14-25(30)19-28(21)33(37(35,36)27-5-3-2-4-6-27)20-23-8-12-24(13-9-23)29(34)32-18-17-22-10-15-26(31)16-11-22/h2-16,19H,17-18,20H2,1H3,(H,32,34). The van der Waals surface area contributed by atoms with Crippen molar-refractivity contribution in [2.75, 3.05) is 10.8 Å². The van der Waals surface area contributed by atoms with Crippen LogP contribution in [-0.4, -0.2) is 20.9 Å². The molecule has 0 fully saturated rings. The van der Waals surface area contributed by atoms with E-state index >= 15 is 0 Å². The van der Waals surface area contributed by atoms with Crippen molar-refractivity contribution in [3.63, 3.8) is 0 Å². The predicted molar refractivity (Wildman–Crippen MR) is 145 cm³/mol. The molecule has 0 atom stereocenters. The third-order valence-electron chi connectivity index (χ3n) is 5.93. The smallest absolute Gasteiger partial charge is 0.264 e. The van der Waals surface area contributed by atoms with Gasteiger partial charge in [0.05, 0.1) is 17.1 Å². The molecule has 0 radical (unpaired) electrons. The molecule has 0 aliphatic heterocycles. The van der Waals surface area contributed by atoms with E-state index in [1.165, 1.54) is 16.4 Å². The molecule has 4 aromatic carbocycles. The van der Waals surface area contributed by atoms with Crippen molar-refractivity contribution in [3.8, 4) is 0 Å². The van der Waals surface area contributed by atoms with Crippen LogP contribution in [0.15, 0.2) is 102 Å².